The number of carbonyl (C=O) groups is 1. The molecule has 1 aromatic rings. The highest BCUT2D eigenvalue weighted by Gasteiger charge is 2.40. The molecule has 2 atom stereocenters. The molecule has 22 heavy (non-hydrogen) atoms. The Morgan fingerprint density at radius 1 is 1.41 bits per heavy atom. The van der Waals surface area contributed by atoms with Crippen molar-refractivity contribution in [1.29, 1.82) is 0 Å². The van der Waals surface area contributed by atoms with Gasteiger partial charge in [-0.05, 0) is 36.7 Å². The van der Waals surface area contributed by atoms with Gasteiger partial charge in [0.2, 0.25) is 0 Å². The van der Waals surface area contributed by atoms with Gasteiger partial charge in [0, 0.05) is 12.6 Å². The van der Waals surface area contributed by atoms with Gasteiger partial charge < -0.3 is 9.53 Å². The Morgan fingerprint density at radius 2 is 2.05 bits per heavy atom. The van der Waals surface area contributed by atoms with Crippen molar-refractivity contribution in [2.24, 2.45) is 0 Å². The molecule has 1 rings (SSSR count). The lowest BCUT2D eigenvalue weighted by Gasteiger charge is -2.40. The van der Waals surface area contributed by atoms with E-state index in [-0.39, 0.29) is 22.8 Å². The molecular weight excluding hydrogens is 314 g/mol. The average molecular weight is 342 g/mol. The van der Waals surface area contributed by atoms with Crippen LogP contribution in [0.3, 0.4) is 0 Å². The molecule has 2 unspecified atom stereocenters. The second kappa shape index (κ2) is 7.61. The van der Waals surface area contributed by atoms with Crippen molar-refractivity contribution in [2.45, 2.75) is 63.1 Å². The van der Waals surface area contributed by atoms with Crippen LogP contribution in [0.15, 0.2) is 24.4 Å². The first-order chi connectivity index (χ1) is 10.0. The Morgan fingerprint density at radius 3 is 2.50 bits per heavy atom. The van der Waals surface area contributed by atoms with Crippen LogP contribution in [0.2, 0.25) is 18.1 Å². The first-order valence-corrected chi connectivity index (χ1v) is 11.0. The van der Waals surface area contributed by atoms with E-state index in [9.17, 15) is 4.79 Å². The minimum Gasteiger partial charge on any atom is -0.481 e. The molecule has 0 spiro atoms. The van der Waals surface area contributed by atoms with Crippen LogP contribution in [-0.2, 0) is 9.22 Å². The summed E-state index contributed by atoms with van der Waals surface area (Å²) in [5.41, 5.74) is 0.819. The number of nitrogens with zero attached hydrogens (tertiary/aromatic N) is 1. The zero-order valence-corrected chi connectivity index (χ0v) is 15.9. The highest BCUT2D eigenvalue weighted by atomic mass is 32.1. The van der Waals surface area contributed by atoms with E-state index in [0.29, 0.717) is 6.42 Å². The van der Waals surface area contributed by atoms with E-state index in [1.54, 1.807) is 6.20 Å². The van der Waals surface area contributed by atoms with Crippen LogP contribution in [0.25, 0.3) is 0 Å². The summed E-state index contributed by atoms with van der Waals surface area (Å²) in [6.07, 6.45) is 1.98. The van der Waals surface area contributed by atoms with Crippen LogP contribution >= 0.6 is 12.6 Å². The lowest BCUT2D eigenvalue weighted by molar-refractivity contribution is -0.137. The summed E-state index contributed by atoms with van der Waals surface area (Å²) in [5.74, 6) is -0.814. The molecule has 124 valence electrons. The minimum absolute atomic E-state index is 0.0616. The van der Waals surface area contributed by atoms with Gasteiger partial charge in [-0.1, -0.05) is 26.8 Å². The SMILES string of the molecule is CC(C)(C)[Si](C)(C)OC(CCC(=O)O)C(S)c1ccccn1. The van der Waals surface area contributed by atoms with Crippen LogP contribution in [0.5, 0.6) is 0 Å². The number of pyridine rings is 1. The van der Waals surface area contributed by atoms with E-state index in [0.717, 1.165) is 5.69 Å². The maximum Gasteiger partial charge on any atom is 0.303 e. The number of carboxylic acids is 1. The molecule has 0 bridgehead atoms. The fraction of sp³-hybridized carbons (Fsp3) is 0.625. The van der Waals surface area contributed by atoms with Crippen LogP contribution in [0, 0.1) is 0 Å². The molecular formula is C16H27NO3SSi. The van der Waals surface area contributed by atoms with Gasteiger partial charge in [-0.2, -0.15) is 12.6 Å². The van der Waals surface area contributed by atoms with Gasteiger partial charge in [-0.3, -0.25) is 9.78 Å². The van der Waals surface area contributed by atoms with Crippen molar-refractivity contribution in [3.05, 3.63) is 30.1 Å². The number of thiol groups is 1. The van der Waals surface area contributed by atoms with Crippen LogP contribution in [-0.4, -0.2) is 30.5 Å². The van der Waals surface area contributed by atoms with E-state index in [1.165, 1.54) is 0 Å². The topological polar surface area (TPSA) is 59.4 Å². The molecule has 0 saturated carbocycles. The molecule has 0 saturated heterocycles. The standard InChI is InChI=1S/C16H27NO3SSi/c1-16(2,3)22(4,5)20-13(9-10-14(18)19)15(21)12-8-6-7-11-17-12/h6-8,11,13,15,21H,9-10H2,1-5H3,(H,18,19). The lowest BCUT2D eigenvalue weighted by atomic mass is 10.1. The summed E-state index contributed by atoms with van der Waals surface area (Å²) in [7, 11) is -2.01. The Kier molecular flexibility index (Phi) is 6.64. The summed E-state index contributed by atoms with van der Waals surface area (Å²) in [6.45, 7) is 10.8. The third-order valence-corrected chi connectivity index (χ3v) is 9.34. The van der Waals surface area contributed by atoms with Gasteiger partial charge in [0.15, 0.2) is 8.32 Å². The molecule has 0 aliphatic carbocycles. The van der Waals surface area contributed by atoms with Crippen molar-refractivity contribution in [3.8, 4) is 0 Å². The molecule has 4 nitrogen and oxygen atoms in total. The molecule has 1 aromatic heterocycles. The van der Waals surface area contributed by atoms with E-state index >= 15 is 0 Å². The van der Waals surface area contributed by atoms with Gasteiger partial charge in [-0.15, -0.1) is 0 Å². The van der Waals surface area contributed by atoms with Crippen molar-refractivity contribution < 1.29 is 14.3 Å². The van der Waals surface area contributed by atoms with E-state index < -0.39 is 14.3 Å². The first-order valence-electron chi connectivity index (χ1n) is 7.53. The predicted molar refractivity (Wildman–Crippen MR) is 94.9 cm³/mol. The lowest BCUT2D eigenvalue weighted by Crippen LogP contribution is -2.45. The van der Waals surface area contributed by atoms with Gasteiger partial charge in [-0.25, -0.2) is 0 Å². The normalized spacial score (nSPS) is 15.4. The highest BCUT2D eigenvalue weighted by Crippen LogP contribution is 2.40. The second-order valence-electron chi connectivity index (χ2n) is 7.05. The number of carboxylic acid groups (broad SMARTS) is 1. The molecule has 6 heteroatoms. The molecule has 0 amide bonds. The Balaban J connectivity index is 2.95. The number of hydrogen-bond acceptors (Lipinski definition) is 4. The third-order valence-electron chi connectivity index (χ3n) is 4.24. The van der Waals surface area contributed by atoms with Crippen LogP contribution in [0.1, 0.15) is 44.6 Å². The molecule has 0 radical (unpaired) electrons. The van der Waals surface area contributed by atoms with Crippen molar-refractivity contribution in [2.75, 3.05) is 0 Å². The van der Waals surface area contributed by atoms with Gasteiger partial charge in [0.25, 0.3) is 0 Å². The summed E-state index contributed by atoms with van der Waals surface area (Å²) in [6, 6.07) is 5.66. The van der Waals surface area contributed by atoms with E-state index in [1.807, 2.05) is 18.2 Å². The summed E-state index contributed by atoms with van der Waals surface area (Å²) in [4.78, 5) is 15.3. The van der Waals surface area contributed by atoms with Crippen LogP contribution < -0.4 is 0 Å². The Labute approximate surface area is 139 Å². The van der Waals surface area contributed by atoms with Crippen molar-refractivity contribution in [3.63, 3.8) is 0 Å². The average Bonchev–Trinajstić information content (AvgIpc) is 2.42. The highest BCUT2D eigenvalue weighted by molar-refractivity contribution is 7.80. The molecule has 1 heterocycles. The fourth-order valence-corrected chi connectivity index (χ4v) is 3.69. The summed E-state index contributed by atoms with van der Waals surface area (Å²) in [5, 5.41) is 8.82. The van der Waals surface area contributed by atoms with Crippen molar-refractivity contribution >= 4 is 26.9 Å². The molecule has 0 aliphatic heterocycles. The number of aromatic nitrogens is 1. The van der Waals surface area contributed by atoms with Gasteiger partial charge >= 0.3 is 5.97 Å². The van der Waals surface area contributed by atoms with Gasteiger partial charge in [0.1, 0.15) is 0 Å². The van der Waals surface area contributed by atoms with Crippen LogP contribution in [0.4, 0.5) is 0 Å². The molecule has 1 N–H and O–H groups in total. The third kappa shape index (κ3) is 5.41. The number of hydrogen-bond donors (Lipinski definition) is 2. The Hall–Kier alpha value is -0.853. The monoisotopic (exact) mass is 341 g/mol. The molecule has 0 aliphatic rings. The fourth-order valence-electron chi connectivity index (χ4n) is 1.84. The molecule has 0 aromatic carbocycles. The molecule has 0 fully saturated rings. The second-order valence-corrected chi connectivity index (χ2v) is 12.4. The smallest absolute Gasteiger partial charge is 0.303 e. The zero-order chi connectivity index (χ0) is 17.0. The maximum atomic E-state index is 10.9. The van der Waals surface area contributed by atoms with Crippen molar-refractivity contribution in [1.82, 2.24) is 4.98 Å². The van der Waals surface area contributed by atoms with E-state index in [2.05, 4.69) is 51.5 Å². The summed E-state index contributed by atoms with van der Waals surface area (Å²) < 4.78 is 6.43. The first kappa shape index (κ1) is 19.2. The van der Waals surface area contributed by atoms with E-state index in [4.69, 9.17) is 9.53 Å². The number of aliphatic carboxylic acids is 1. The largest absolute Gasteiger partial charge is 0.481 e. The Bertz CT molecular complexity index is 488. The predicted octanol–water partition coefficient (Wildman–Crippen LogP) is 4.31. The maximum absolute atomic E-state index is 10.9. The summed E-state index contributed by atoms with van der Waals surface area (Å²) >= 11 is 4.67. The number of rotatable bonds is 7. The van der Waals surface area contributed by atoms with Gasteiger partial charge in [0.05, 0.1) is 17.0 Å². The quantitative estimate of drug-likeness (QED) is 0.573. The zero-order valence-electron chi connectivity index (χ0n) is 14.0. The minimum atomic E-state index is -2.01.